The molecule has 1 atom stereocenters. The number of nitrogens with one attached hydrogen (secondary N) is 1. The highest BCUT2D eigenvalue weighted by Gasteiger charge is 2.29. The molecule has 0 saturated carbocycles. The van der Waals surface area contributed by atoms with E-state index in [1.807, 2.05) is 25.1 Å². The maximum Gasteiger partial charge on any atom is 0.251 e. The number of hydrogen-bond donors (Lipinski definition) is 1. The molecule has 1 aromatic carbocycles. The monoisotopic (exact) mass is 298 g/mol. The van der Waals surface area contributed by atoms with Crippen LogP contribution in [0.2, 0.25) is 0 Å². The van der Waals surface area contributed by atoms with Gasteiger partial charge in [0.2, 0.25) is 0 Å². The Morgan fingerprint density at radius 3 is 2.95 bits per heavy atom. The summed E-state index contributed by atoms with van der Waals surface area (Å²) < 4.78 is 5.45. The molecule has 3 aliphatic rings. The zero-order valence-electron chi connectivity index (χ0n) is 13.0. The van der Waals surface area contributed by atoms with Crippen LogP contribution in [0, 0.1) is 12.8 Å². The molecule has 1 N–H and O–H groups in total. The van der Waals surface area contributed by atoms with Gasteiger partial charge in [-0.05, 0) is 69.0 Å². The van der Waals surface area contributed by atoms with Gasteiger partial charge in [-0.3, -0.25) is 4.79 Å². The van der Waals surface area contributed by atoms with E-state index in [-0.39, 0.29) is 11.9 Å². The Morgan fingerprint density at radius 2 is 2.14 bits per heavy atom. The Bertz CT molecular complexity index is 684. The van der Waals surface area contributed by atoms with Crippen molar-refractivity contribution in [1.29, 1.82) is 0 Å². The van der Waals surface area contributed by atoms with E-state index in [0.29, 0.717) is 0 Å². The van der Waals surface area contributed by atoms with Crippen LogP contribution in [0.4, 0.5) is 0 Å². The number of carbonyl (C=O) groups excluding carboxylic acids is 1. The van der Waals surface area contributed by atoms with Crippen molar-refractivity contribution in [3.05, 3.63) is 35.6 Å². The summed E-state index contributed by atoms with van der Waals surface area (Å²) in [6.45, 7) is 5.38. The van der Waals surface area contributed by atoms with Crippen molar-refractivity contribution in [2.24, 2.45) is 5.92 Å². The lowest BCUT2D eigenvalue weighted by Gasteiger charge is -2.26. The van der Waals surface area contributed by atoms with Gasteiger partial charge in [-0.15, -0.1) is 0 Å². The summed E-state index contributed by atoms with van der Waals surface area (Å²) in [5.41, 5.74) is 2.64. The van der Waals surface area contributed by atoms with Gasteiger partial charge in [-0.25, -0.2) is 0 Å². The lowest BCUT2D eigenvalue weighted by Crippen LogP contribution is -2.41. The Kier molecular flexibility index (Phi) is 3.41. The number of fused-ring (bicyclic) bond motifs is 5. The number of hydrogen-bond acceptors (Lipinski definition) is 3. The van der Waals surface area contributed by atoms with Gasteiger partial charge in [-0.1, -0.05) is 0 Å². The van der Waals surface area contributed by atoms with Crippen LogP contribution in [-0.4, -0.2) is 36.5 Å². The first kappa shape index (κ1) is 13.8. The summed E-state index contributed by atoms with van der Waals surface area (Å²) in [4.78, 5) is 15.1. The maximum absolute atomic E-state index is 12.6. The number of benzene rings is 1. The average molecular weight is 298 g/mol. The number of aryl methyl sites for hydroxylation is 1. The van der Waals surface area contributed by atoms with Crippen LogP contribution < -0.4 is 5.32 Å². The second kappa shape index (κ2) is 5.43. The number of furan rings is 1. The van der Waals surface area contributed by atoms with Gasteiger partial charge in [-0.2, -0.15) is 0 Å². The smallest absolute Gasteiger partial charge is 0.251 e. The fourth-order valence-electron chi connectivity index (χ4n) is 3.86. The van der Waals surface area contributed by atoms with Gasteiger partial charge in [0.25, 0.3) is 5.91 Å². The summed E-state index contributed by atoms with van der Waals surface area (Å²) in [5.74, 6) is 0.817. The first-order valence-corrected chi connectivity index (χ1v) is 8.20. The zero-order chi connectivity index (χ0) is 15.1. The molecule has 5 rings (SSSR count). The molecule has 3 aliphatic heterocycles. The van der Waals surface area contributed by atoms with Gasteiger partial charge in [0.05, 0.1) is 6.26 Å². The van der Waals surface area contributed by atoms with Gasteiger partial charge in [0.1, 0.15) is 5.58 Å². The molecule has 3 fully saturated rings. The quantitative estimate of drug-likeness (QED) is 0.927. The predicted molar refractivity (Wildman–Crippen MR) is 86.0 cm³/mol. The summed E-state index contributed by atoms with van der Waals surface area (Å²) >= 11 is 0. The third-order valence-corrected chi connectivity index (χ3v) is 5.17. The second-order valence-electron chi connectivity index (χ2n) is 6.78. The van der Waals surface area contributed by atoms with Crippen LogP contribution in [0.15, 0.2) is 28.9 Å². The first-order chi connectivity index (χ1) is 10.7. The van der Waals surface area contributed by atoms with Crippen molar-refractivity contribution in [2.75, 3.05) is 19.6 Å². The minimum atomic E-state index is 0.0370. The number of carbonyl (C=O) groups is 1. The molecule has 3 saturated heterocycles. The van der Waals surface area contributed by atoms with Gasteiger partial charge < -0.3 is 14.6 Å². The molecule has 1 aromatic heterocycles. The molecule has 1 unspecified atom stereocenters. The summed E-state index contributed by atoms with van der Waals surface area (Å²) in [5, 5.41) is 4.27. The van der Waals surface area contributed by atoms with E-state index >= 15 is 0 Å². The summed E-state index contributed by atoms with van der Waals surface area (Å²) in [6.07, 6.45) is 5.43. The summed E-state index contributed by atoms with van der Waals surface area (Å²) in [7, 11) is 0. The van der Waals surface area contributed by atoms with E-state index in [9.17, 15) is 4.79 Å². The molecule has 0 aliphatic carbocycles. The molecule has 2 bridgehead atoms. The molecule has 116 valence electrons. The molecule has 4 heteroatoms. The minimum Gasteiger partial charge on any atom is -0.464 e. The fourth-order valence-corrected chi connectivity index (χ4v) is 3.86. The van der Waals surface area contributed by atoms with Gasteiger partial charge in [0.15, 0.2) is 0 Å². The van der Waals surface area contributed by atoms with Crippen LogP contribution in [0.3, 0.4) is 0 Å². The van der Waals surface area contributed by atoms with Crippen molar-refractivity contribution in [3.8, 4) is 0 Å². The van der Waals surface area contributed by atoms with Crippen LogP contribution in [0.5, 0.6) is 0 Å². The molecule has 1 amide bonds. The van der Waals surface area contributed by atoms with Crippen LogP contribution in [0.25, 0.3) is 11.0 Å². The van der Waals surface area contributed by atoms with Gasteiger partial charge in [0, 0.05) is 23.5 Å². The summed E-state index contributed by atoms with van der Waals surface area (Å²) in [6, 6.07) is 5.96. The number of rotatable bonds is 2. The van der Waals surface area contributed by atoms with E-state index in [2.05, 4.69) is 10.2 Å². The molecule has 4 nitrogen and oxygen atoms in total. The van der Waals surface area contributed by atoms with Crippen molar-refractivity contribution >= 4 is 16.9 Å². The minimum absolute atomic E-state index is 0.0370. The topological polar surface area (TPSA) is 45.5 Å². The van der Waals surface area contributed by atoms with Crippen LogP contribution in [0.1, 0.15) is 35.2 Å². The second-order valence-corrected chi connectivity index (χ2v) is 6.78. The molecule has 4 heterocycles. The normalized spacial score (nSPS) is 27.8. The van der Waals surface area contributed by atoms with Crippen molar-refractivity contribution in [3.63, 3.8) is 0 Å². The average Bonchev–Trinajstić information content (AvgIpc) is 2.70. The molecule has 0 spiro atoms. The lowest BCUT2D eigenvalue weighted by molar-refractivity contribution is 0.0929. The van der Waals surface area contributed by atoms with E-state index < -0.39 is 0 Å². The number of amides is 1. The molecule has 22 heavy (non-hydrogen) atoms. The lowest BCUT2D eigenvalue weighted by atomic mass is 9.94. The van der Waals surface area contributed by atoms with Crippen molar-refractivity contribution in [2.45, 2.75) is 32.2 Å². The molecular formula is C18H22N2O2. The fraction of sp³-hybridized carbons (Fsp3) is 0.500. The maximum atomic E-state index is 12.6. The molecule has 0 radical (unpaired) electrons. The number of nitrogens with zero attached hydrogens (tertiary/aromatic N) is 1. The first-order valence-electron chi connectivity index (χ1n) is 8.20. The Labute approximate surface area is 130 Å². The predicted octanol–water partition coefficient (Wildman–Crippen LogP) is 2.96. The number of piperidine rings is 1. The Balaban J connectivity index is 1.52. The Hall–Kier alpha value is -1.81. The van der Waals surface area contributed by atoms with E-state index in [0.717, 1.165) is 41.0 Å². The largest absolute Gasteiger partial charge is 0.464 e. The highest BCUT2D eigenvalue weighted by Crippen LogP contribution is 2.27. The highest BCUT2D eigenvalue weighted by atomic mass is 16.3. The Morgan fingerprint density at radius 1 is 1.32 bits per heavy atom. The standard InChI is InChI=1S/C18H22N2O2/c1-12-11-22-17-3-2-14(9-16(12)17)18(21)19-15-8-13-4-6-20(10-15)7-5-13/h2-3,9,11,13,15H,4-8,10H2,1H3,(H,19,21). The van der Waals surface area contributed by atoms with Crippen molar-refractivity contribution in [1.82, 2.24) is 10.2 Å². The highest BCUT2D eigenvalue weighted by molar-refractivity contribution is 5.98. The molecule has 2 aromatic rings. The third-order valence-electron chi connectivity index (χ3n) is 5.17. The van der Waals surface area contributed by atoms with Crippen molar-refractivity contribution < 1.29 is 9.21 Å². The zero-order valence-corrected chi connectivity index (χ0v) is 13.0. The van der Waals surface area contributed by atoms with Gasteiger partial charge >= 0.3 is 0 Å². The SMILES string of the molecule is Cc1coc2ccc(C(=O)NC3CC4CCN(CC4)C3)cc12. The third kappa shape index (κ3) is 2.52. The van der Waals surface area contributed by atoms with E-state index in [4.69, 9.17) is 4.42 Å². The van der Waals surface area contributed by atoms with E-state index in [1.165, 1.54) is 25.9 Å². The van der Waals surface area contributed by atoms with E-state index in [1.54, 1.807) is 6.26 Å². The molecular weight excluding hydrogens is 276 g/mol. The van der Waals surface area contributed by atoms with Crippen LogP contribution >= 0.6 is 0 Å². The van der Waals surface area contributed by atoms with Crippen LogP contribution in [-0.2, 0) is 0 Å².